The molecule has 0 atom stereocenters. The van der Waals surface area contributed by atoms with Gasteiger partial charge in [-0.3, -0.25) is 0 Å². The Bertz CT molecular complexity index is 371. The summed E-state index contributed by atoms with van der Waals surface area (Å²) in [5, 5.41) is 3.40. The molecule has 1 aromatic heterocycles. The van der Waals surface area contributed by atoms with Crippen molar-refractivity contribution < 1.29 is 0 Å². The number of anilines is 1. The molecular weight excluding hydrogens is 248 g/mol. The zero-order valence-corrected chi connectivity index (χ0v) is 12.9. The number of likely N-dealkylation sites (N-methyl/N-ethyl adjacent to an activating group) is 1. The van der Waals surface area contributed by atoms with E-state index in [4.69, 9.17) is 0 Å². The van der Waals surface area contributed by atoms with Gasteiger partial charge in [0.05, 0.1) is 0 Å². The second kappa shape index (κ2) is 8.22. The molecule has 2 heterocycles. The molecule has 0 aromatic carbocycles. The van der Waals surface area contributed by atoms with Crippen molar-refractivity contribution in [3.05, 3.63) is 23.9 Å². The summed E-state index contributed by atoms with van der Waals surface area (Å²) in [6.45, 7) is 8.91. The highest BCUT2D eigenvalue weighted by Gasteiger charge is 2.12. The Labute approximate surface area is 123 Å². The maximum absolute atomic E-state index is 4.57. The van der Waals surface area contributed by atoms with Crippen LogP contribution < -0.4 is 10.2 Å². The molecule has 1 N–H and O–H groups in total. The van der Waals surface area contributed by atoms with E-state index in [9.17, 15) is 0 Å². The number of hydrogen-bond donors (Lipinski definition) is 1. The minimum atomic E-state index is 0.915. The quantitative estimate of drug-likeness (QED) is 0.737. The average molecular weight is 276 g/mol. The Kier molecular flexibility index (Phi) is 6.27. The summed E-state index contributed by atoms with van der Waals surface area (Å²) in [5.41, 5.74) is 1.26. The lowest BCUT2D eigenvalue weighted by molar-refractivity contribution is 0.346. The van der Waals surface area contributed by atoms with Crippen molar-refractivity contribution in [2.75, 3.05) is 44.7 Å². The van der Waals surface area contributed by atoms with Gasteiger partial charge in [-0.2, -0.15) is 0 Å². The van der Waals surface area contributed by atoms with Crippen molar-refractivity contribution in [3.8, 4) is 0 Å². The monoisotopic (exact) mass is 276 g/mol. The van der Waals surface area contributed by atoms with Gasteiger partial charge in [0.1, 0.15) is 5.82 Å². The molecule has 1 aliphatic heterocycles. The highest BCUT2D eigenvalue weighted by molar-refractivity contribution is 5.38. The van der Waals surface area contributed by atoms with Crippen LogP contribution in [0.5, 0.6) is 0 Å². The van der Waals surface area contributed by atoms with E-state index in [0.29, 0.717) is 0 Å². The first-order chi connectivity index (χ1) is 9.79. The molecule has 1 aliphatic rings. The highest BCUT2D eigenvalue weighted by atomic mass is 15.2. The smallest absolute Gasteiger partial charge is 0.128 e. The van der Waals surface area contributed by atoms with Gasteiger partial charge in [-0.05, 0) is 50.5 Å². The summed E-state index contributed by atoms with van der Waals surface area (Å²) >= 11 is 0. The molecule has 0 saturated carbocycles. The van der Waals surface area contributed by atoms with Gasteiger partial charge in [-0.25, -0.2) is 4.98 Å². The Hall–Kier alpha value is -1.13. The number of likely N-dealkylation sites (tertiary alicyclic amines) is 1. The predicted octanol–water partition coefficient (Wildman–Crippen LogP) is 2.11. The van der Waals surface area contributed by atoms with E-state index in [0.717, 1.165) is 32.0 Å². The van der Waals surface area contributed by atoms with Crippen molar-refractivity contribution in [2.45, 2.75) is 32.7 Å². The van der Waals surface area contributed by atoms with E-state index < -0.39 is 0 Å². The molecule has 1 fully saturated rings. The second-order valence-corrected chi connectivity index (χ2v) is 5.67. The van der Waals surface area contributed by atoms with E-state index in [1.54, 1.807) is 0 Å². The van der Waals surface area contributed by atoms with Crippen molar-refractivity contribution >= 4 is 5.82 Å². The molecule has 0 amide bonds. The van der Waals surface area contributed by atoms with Gasteiger partial charge in [0.15, 0.2) is 0 Å². The van der Waals surface area contributed by atoms with E-state index in [-0.39, 0.29) is 0 Å². The lowest BCUT2D eigenvalue weighted by Gasteiger charge is -2.22. The zero-order chi connectivity index (χ0) is 14.2. The van der Waals surface area contributed by atoms with Crippen LogP contribution in [0.4, 0.5) is 5.82 Å². The van der Waals surface area contributed by atoms with Gasteiger partial charge in [0.2, 0.25) is 0 Å². The van der Waals surface area contributed by atoms with Gasteiger partial charge in [0.25, 0.3) is 0 Å². The molecule has 4 heteroatoms. The molecule has 1 aromatic rings. The Morgan fingerprint density at radius 3 is 2.75 bits per heavy atom. The molecule has 4 nitrogen and oxygen atoms in total. The standard InChI is InChI=1S/C16H28N4/c1-3-8-17-13-15-6-7-16(18-14-15)19(2)11-12-20-9-4-5-10-20/h6-7,14,17H,3-5,8-13H2,1-2H3. The number of hydrogen-bond acceptors (Lipinski definition) is 4. The van der Waals surface area contributed by atoms with Crippen molar-refractivity contribution in [1.29, 1.82) is 0 Å². The first kappa shape index (κ1) is 15.3. The summed E-state index contributed by atoms with van der Waals surface area (Å²) in [6.07, 6.45) is 5.89. The van der Waals surface area contributed by atoms with Gasteiger partial charge >= 0.3 is 0 Å². The average Bonchev–Trinajstić information content (AvgIpc) is 2.99. The molecule has 1 saturated heterocycles. The van der Waals surface area contributed by atoms with Crippen LogP contribution in [0.2, 0.25) is 0 Å². The van der Waals surface area contributed by atoms with E-state index in [1.807, 2.05) is 6.20 Å². The molecular formula is C16H28N4. The largest absolute Gasteiger partial charge is 0.358 e. The normalized spacial score (nSPS) is 15.7. The Balaban J connectivity index is 1.75. The Morgan fingerprint density at radius 2 is 2.10 bits per heavy atom. The van der Waals surface area contributed by atoms with Crippen LogP contribution in [-0.4, -0.2) is 49.7 Å². The summed E-state index contributed by atoms with van der Waals surface area (Å²) in [7, 11) is 2.13. The first-order valence-electron chi connectivity index (χ1n) is 7.88. The summed E-state index contributed by atoms with van der Waals surface area (Å²) in [5.74, 6) is 1.07. The fourth-order valence-corrected chi connectivity index (χ4v) is 2.57. The van der Waals surface area contributed by atoms with Gasteiger partial charge < -0.3 is 15.1 Å². The van der Waals surface area contributed by atoms with Gasteiger partial charge in [0, 0.05) is 32.9 Å². The molecule has 0 bridgehead atoms. The fourth-order valence-electron chi connectivity index (χ4n) is 2.57. The molecule has 0 aliphatic carbocycles. The minimum Gasteiger partial charge on any atom is -0.358 e. The predicted molar refractivity (Wildman–Crippen MR) is 85.2 cm³/mol. The number of rotatable bonds is 8. The maximum atomic E-state index is 4.57. The third kappa shape index (κ3) is 4.76. The first-order valence-corrected chi connectivity index (χ1v) is 7.88. The van der Waals surface area contributed by atoms with E-state index >= 15 is 0 Å². The zero-order valence-electron chi connectivity index (χ0n) is 12.9. The van der Waals surface area contributed by atoms with Crippen LogP contribution >= 0.6 is 0 Å². The van der Waals surface area contributed by atoms with Crippen LogP contribution in [0.25, 0.3) is 0 Å². The third-order valence-corrected chi connectivity index (χ3v) is 3.91. The van der Waals surface area contributed by atoms with Crippen LogP contribution in [0, 0.1) is 0 Å². The molecule has 112 valence electrons. The Morgan fingerprint density at radius 1 is 1.30 bits per heavy atom. The van der Waals surface area contributed by atoms with Crippen molar-refractivity contribution in [2.24, 2.45) is 0 Å². The molecule has 0 spiro atoms. The summed E-state index contributed by atoms with van der Waals surface area (Å²) < 4.78 is 0. The van der Waals surface area contributed by atoms with E-state index in [2.05, 4.69) is 46.2 Å². The molecule has 20 heavy (non-hydrogen) atoms. The minimum absolute atomic E-state index is 0.915. The topological polar surface area (TPSA) is 31.4 Å². The lowest BCUT2D eigenvalue weighted by Crippen LogP contribution is -2.31. The van der Waals surface area contributed by atoms with Gasteiger partial charge in [-0.15, -0.1) is 0 Å². The molecule has 0 unspecified atom stereocenters. The maximum Gasteiger partial charge on any atom is 0.128 e. The number of pyridine rings is 1. The third-order valence-electron chi connectivity index (χ3n) is 3.91. The molecule has 2 rings (SSSR count). The van der Waals surface area contributed by atoms with Crippen LogP contribution in [-0.2, 0) is 6.54 Å². The fraction of sp³-hybridized carbons (Fsp3) is 0.688. The number of nitrogens with zero attached hydrogens (tertiary/aromatic N) is 3. The number of aromatic nitrogens is 1. The lowest BCUT2D eigenvalue weighted by atomic mass is 10.2. The van der Waals surface area contributed by atoms with Crippen LogP contribution in [0.3, 0.4) is 0 Å². The van der Waals surface area contributed by atoms with Crippen molar-refractivity contribution in [1.82, 2.24) is 15.2 Å². The van der Waals surface area contributed by atoms with Crippen molar-refractivity contribution in [3.63, 3.8) is 0 Å². The highest BCUT2D eigenvalue weighted by Crippen LogP contribution is 2.11. The SMILES string of the molecule is CCCNCc1ccc(N(C)CCN2CCCC2)nc1. The number of nitrogens with one attached hydrogen (secondary N) is 1. The van der Waals surface area contributed by atoms with Crippen LogP contribution in [0.15, 0.2) is 18.3 Å². The van der Waals surface area contributed by atoms with Crippen LogP contribution in [0.1, 0.15) is 31.7 Å². The summed E-state index contributed by atoms with van der Waals surface area (Å²) in [4.78, 5) is 9.36. The van der Waals surface area contributed by atoms with Gasteiger partial charge in [-0.1, -0.05) is 13.0 Å². The molecule has 0 radical (unpaired) electrons. The second-order valence-electron chi connectivity index (χ2n) is 5.67. The van der Waals surface area contributed by atoms with E-state index in [1.165, 1.54) is 37.9 Å². The summed E-state index contributed by atoms with van der Waals surface area (Å²) in [6, 6.07) is 4.31.